The minimum atomic E-state index is -3.53. The number of methoxy groups -OCH3 is 1. The molecule has 8 nitrogen and oxygen atoms in total. The van der Waals surface area contributed by atoms with E-state index >= 15 is 0 Å². The van der Waals surface area contributed by atoms with Crippen molar-refractivity contribution < 1.29 is 22.7 Å². The largest absolute Gasteiger partial charge is 0.497 e. The standard InChI is InChI=1S/C19H23N3O5S/c1-27-16-9-5-14(6-10-16)17(22-28(2,25)26)12-19(24)21-15-7-3-13(4-8-15)11-18(20)23/h3-10,17,22H,11-12H2,1-2H3,(H2,20,23)(H,21,24)/t17-/m0/s1. The molecule has 0 bridgehead atoms. The summed E-state index contributed by atoms with van der Waals surface area (Å²) in [5.74, 6) is -0.173. The Morgan fingerprint density at radius 1 is 1.07 bits per heavy atom. The molecular weight excluding hydrogens is 382 g/mol. The molecule has 0 aliphatic rings. The van der Waals surface area contributed by atoms with E-state index in [9.17, 15) is 18.0 Å². The van der Waals surface area contributed by atoms with Crippen molar-refractivity contribution in [2.45, 2.75) is 18.9 Å². The second kappa shape index (κ2) is 9.34. The summed E-state index contributed by atoms with van der Waals surface area (Å²) in [6, 6.07) is 12.8. The van der Waals surface area contributed by atoms with Crippen molar-refractivity contribution in [3.8, 4) is 5.75 Å². The van der Waals surface area contributed by atoms with Gasteiger partial charge in [-0.2, -0.15) is 0 Å². The van der Waals surface area contributed by atoms with E-state index in [2.05, 4.69) is 10.0 Å². The maximum absolute atomic E-state index is 12.4. The van der Waals surface area contributed by atoms with Crippen molar-refractivity contribution in [1.29, 1.82) is 0 Å². The van der Waals surface area contributed by atoms with Gasteiger partial charge in [-0.1, -0.05) is 24.3 Å². The van der Waals surface area contributed by atoms with Gasteiger partial charge in [0.15, 0.2) is 0 Å². The van der Waals surface area contributed by atoms with Crippen LogP contribution in [0.4, 0.5) is 5.69 Å². The van der Waals surface area contributed by atoms with E-state index in [1.54, 1.807) is 48.5 Å². The molecule has 0 aromatic heterocycles. The Labute approximate surface area is 164 Å². The lowest BCUT2D eigenvalue weighted by molar-refractivity contribution is -0.118. The van der Waals surface area contributed by atoms with Crippen LogP contribution in [0.2, 0.25) is 0 Å². The van der Waals surface area contributed by atoms with Crippen molar-refractivity contribution in [1.82, 2.24) is 4.72 Å². The van der Waals surface area contributed by atoms with Crippen molar-refractivity contribution >= 4 is 27.5 Å². The summed E-state index contributed by atoms with van der Waals surface area (Å²) in [5, 5.41) is 2.72. The summed E-state index contributed by atoms with van der Waals surface area (Å²) in [4.78, 5) is 23.4. The molecule has 4 N–H and O–H groups in total. The normalized spacial score (nSPS) is 12.2. The molecule has 0 radical (unpaired) electrons. The number of carbonyl (C=O) groups is 2. The lowest BCUT2D eigenvalue weighted by atomic mass is 10.0. The molecule has 2 rings (SSSR count). The van der Waals surface area contributed by atoms with Crippen molar-refractivity contribution in [2.75, 3.05) is 18.7 Å². The van der Waals surface area contributed by atoms with Gasteiger partial charge in [0.05, 0.1) is 25.8 Å². The Hall–Kier alpha value is -2.91. The molecule has 0 unspecified atom stereocenters. The molecule has 1 atom stereocenters. The summed E-state index contributed by atoms with van der Waals surface area (Å²) in [6.07, 6.45) is 1.06. The highest BCUT2D eigenvalue weighted by molar-refractivity contribution is 7.88. The summed E-state index contributed by atoms with van der Waals surface area (Å²) >= 11 is 0. The zero-order valence-electron chi connectivity index (χ0n) is 15.6. The highest BCUT2D eigenvalue weighted by Gasteiger charge is 2.20. The molecular formula is C19H23N3O5S. The van der Waals surface area contributed by atoms with Crippen LogP contribution in [0.1, 0.15) is 23.6 Å². The lowest BCUT2D eigenvalue weighted by Crippen LogP contribution is -2.30. The summed E-state index contributed by atoms with van der Waals surface area (Å²) in [5.41, 5.74) is 7.06. The maximum atomic E-state index is 12.4. The summed E-state index contributed by atoms with van der Waals surface area (Å²) < 4.78 is 31.0. The fraction of sp³-hybridized carbons (Fsp3) is 0.263. The number of ether oxygens (including phenoxy) is 1. The number of nitrogens with two attached hydrogens (primary N) is 1. The van der Waals surface area contributed by atoms with Crippen LogP contribution in [-0.4, -0.2) is 33.6 Å². The predicted molar refractivity (Wildman–Crippen MR) is 106 cm³/mol. The van der Waals surface area contributed by atoms with Gasteiger partial charge in [0.25, 0.3) is 0 Å². The number of hydrogen-bond donors (Lipinski definition) is 3. The van der Waals surface area contributed by atoms with Crippen LogP contribution in [0, 0.1) is 0 Å². The second-order valence-corrected chi connectivity index (χ2v) is 8.09. The molecule has 0 aliphatic heterocycles. The summed E-state index contributed by atoms with van der Waals surface area (Å²) in [6.45, 7) is 0. The lowest BCUT2D eigenvalue weighted by Gasteiger charge is -2.18. The molecule has 0 saturated heterocycles. The Bertz CT molecular complexity index is 925. The number of benzene rings is 2. The first-order valence-electron chi connectivity index (χ1n) is 8.44. The zero-order chi connectivity index (χ0) is 20.7. The van der Waals surface area contributed by atoms with E-state index in [0.29, 0.717) is 17.0 Å². The van der Waals surface area contributed by atoms with Gasteiger partial charge in [-0.05, 0) is 35.4 Å². The maximum Gasteiger partial charge on any atom is 0.226 e. The average Bonchev–Trinajstić information content (AvgIpc) is 2.61. The minimum Gasteiger partial charge on any atom is -0.497 e. The Morgan fingerprint density at radius 3 is 2.18 bits per heavy atom. The fourth-order valence-electron chi connectivity index (χ4n) is 2.63. The number of sulfonamides is 1. The number of anilines is 1. The van der Waals surface area contributed by atoms with Gasteiger partial charge in [-0.15, -0.1) is 0 Å². The zero-order valence-corrected chi connectivity index (χ0v) is 16.5. The molecule has 9 heteroatoms. The van der Waals surface area contributed by atoms with Crippen LogP contribution in [0.3, 0.4) is 0 Å². The summed E-state index contributed by atoms with van der Waals surface area (Å²) in [7, 11) is -2.00. The monoisotopic (exact) mass is 405 g/mol. The number of primary amides is 1. The fourth-order valence-corrected chi connectivity index (χ4v) is 3.36. The third kappa shape index (κ3) is 7.01. The molecule has 2 amide bonds. The topological polar surface area (TPSA) is 128 Å². The van der Waals surface area contributed by atoms with E-state index in [1.807, 2.05) is 0 Å². The van der Waals surface area contributed by atoms with Gasteiger partial charge in [0, 0.05) is 12.1 Å². The average molecular weight is 405 g/mol. The van der Waals surface area contributed by atoms with Gasteiger partial charge >= 0.3 is 0 Å². The first-order chi connectivity index (χ1) is 13.2. The third-order valence-electron chi connectivity index (χ3n) is 3.88. The Morgan fingerprint density at radius 2 is 1.68 bits per heavy atom. The number of nitrogens with one attached hydrogen (secondary N) is 2. The Balaban J connectivity index is 2.09. The molecule has 2 aromatic carbocycles. The van der Waals surface area contributed by atoms with Gasteiger partial charge < -0.3 is 15.8 Å². The smallest absolute Gasteiger partial charge is 0.226 e. The third-order valence-corrected chi connectivity index (χ3v) is 4.59. The molecule has 150 valence electrons. The van der Waals surface area contributed by atoms with Crippen LogP contribution < -0.4 is 20.5 Å². The second-order valence-electron chi connectivity index (χ2n) is 6.31. The highest BCUT2D eigenvalue weighted by Crippen LogP contribution is 2.22. The molecule has 0 fully saturated rings. The van der Waals surface area contributed by atoms with E-state index in [-0.39, 0.29) is 18.7 Å². The van der Waals surface area contributed by atoms with Crippen molar-refractivity contribution in [2.24, 2.45) is 5.73 Å². The molecule has 0 aliphatic carbocycles. The van der Waals surface area contributed by atoms with Crippen molar-refractivity contribution in [3.05, 3.63) is 59.7 Å². The van der Waals surface area contributed by atoms with E-state index in [1.165, 1.54) is 7.11 Å². The van der Waals surface area contributed by atoms with Gasteiger partial charge in [-0.25, -0.2) is 13.1 Å². The molecule has 28 heavy (non-hydrogen) atoms. The molecule has 2 aromatic rings. The van der Waals surface area contributed by atoms with Crippen LogP contribution in [0.15, 0.2) is 48.5 Å². The van der Waals surface area contributed by atoms with E-state index in [0.717, 1.165) is 11.8 Å². The van der Waals surface area contributed by atoms with Gasteiger partial charge in [-0.3, -0.25) is 9.59 Å². The van der Waals surface area contributed by atoms with Crippen LogP contribution >= 0.6 is 0 Å². The number of hydrogen-bond acceptors (Lipinski definition) is 5. The van der Waals surface area contributed by atoms with Crippen molar-refractivity contribution in [3.63, 3.8) is 0 Å². The van der Waals surface area contributed by atoms with E-state index < -0.39 is 22.0 Å². The van der Waals surface area contributed by atoms with E-state index in [4.69, 9.17) is 10.5 Å². The number of amides is 2. The van der Waals surface area contributed by atoms with Gasteiger partial charge in [0.2, 0.25) is 21.8 Å². The minimum absolute atomic E-state index is 0.0948. The number of carbonyl (C=O) groups excluding carboxylic acids is 2. The van der Waals surface area contributed by atoms with Crippen LogP contribution in [0.5, 0.6) is 5.75 Å². The highest BCUT2D eigenvalue weighted by atomic mass is 32.2. The molecule has 0 spiro atoms. The van der Waals surface area contributed by atoms with Gasteiger partial charge in [0.1, 0.15) is 5.75 Å². The molecule has 0 heterocycles. The Kier molecular flexibility index (Phi) is 7.13. The van der Waals surface area contributed by atoms with Crippen LogP contribution in [-0.2, 0) is 26.0 Å². The quantitative estimate of drug-likeness (QED) is 0.580. The van der Waals surface area contributed by atoms with Crippen LogP contribution in [0.25, 0.3) is 0 Å². The first kappa shape index (κ1) is 21.4. The first-order valence-corrected chi connectivity index (χ1v) is 10.3. The molecule has 0 saturated carbocycles. The number of rotatable bonds is 9. The SMILES string of the molecule is COc1ccc([C@H](CC(=O)Nc2ccc(CC(N)=O)cc2)NS(C)(=O)=O)cc1. The predicted octanol–water partition coefficient (Wildman–Crippen LogP) is 1.34.